The number of quaternary nitrogens is 1. The fourth-order valence-corrected chi connectivity index (χ4v) is 3.05. The van der Waals surface area contributed by atoms with E-state index in [-0.39, 0.29) is 11.0 Å². The number of hydrogen-bond donors (Lipinski definition) is 1. The first-order chi connectivity index (χ1) is 9.25. The summed E-state index contributed by atoms with van der Waals surface area (Å²) in [6, 6.07) is 6.54. The van der Waals surface area contributed by atoms with Crippen LogP contribution in [-0.4, -0.2) is 34.3 Å². The number of nitrogens with zero attached hydrogens (tertiary/aromatic N) is 1. The molecular weight excluding hydrogens is 258 g/mol. The lowest BCUT2D eigenvalue weighted by molar-refractivity contribution is -0.930. The molecule has 108 valence electrons. The molecule has 1 amide bonds. The second-order valence-corrected chi connectivity index (χ2v) is 6.10. The van der Waals surface area contributed by atoms with Crippen molar-refractivity contribution >= 4 is 12.1 Å². The van der Waals surface area contributed by atoms with E-state index < -0.39 is 23.6 Å². The number of fused-ring (bicyclic) bond motifs is 1. The smallest absolute Gasteiger partial charge is 0.464 e. The number of amides is 1. The summed E-state index contributed by atoms with van der Waals surface area (Å²) in [5, 5.41) is 9.85. The molecule has 2 atom stereocenters. The van der Waals surface area contributed by atoms with Crippen molar-refractivity contribution in [2.24, 2.45) is 0 Å². The van der Waals surface area contributed by atoms with Gasteiger partial charge in [0.05, 0.1) is 7.11 Å². The molecule has 2 rings (SSSR count). The van der Waals surface area contributed by atoms with Gasteiger partial charge in [-0.2, -0.15) is 9.28 Å². The summed E-state index contributed by atoms with van der Waals surface area (Å²) in [4.78, 5) is 24.3. The number of carbonyl (C=O) groups is 2. The van der Waals surface area contributed by atoms with Crippen LogP contribution in [0.4, 0.5) is 4.79 Å². The summed E-state index contributed by atoms with van der Waals surface area (Å²) in [7, 11) is 1.29. The van der Waals surface area contributed by atoms with Crippen LogP contribution < -0.4 is 0 Å². The average Bonchev–Trinajstić information content (AvgIpc) is 2.73. The Morgan fingerprint density at radius 2 is 1.90 bits per heavy atom. The molecule has 0 radical (unpaired) electrons. The Bertz CT molecular complexity index is 561. The Balaban J connectivity index is 2.70. The highest BCUT2D eigenvalue weighted by atomic mass is 16.5. The quantitative estimate of drug-likeness (QED) is 0.633. The van der Waals surface area contributed by atoms with Gasteiger partial charge in [-0.25, -0.2) is 4.79 Å². The Morgan fingerprint density at radius 3 is 2.40 bits per heavy atom. The number of ether oxygens (including phenoxy) is 1. The van der Waals surface area contributed by atoms with Crippen molar-refractivity contribution in [2.75, 3.05) is 7.11 Å². The van der Waals surface area contributed by atoms with E-state index in [0.717, 1.165) is 11.1 Å². The van der Waals surface area contributed by atoms with E-state index in [9.17, 15) is 14.7 Å². The second kappa shape index (κ2) is 4.59. The summed E-state index contributed by atoms with van der Waals surface area (Å²) in [5.41, 5.74) is 1.00. The van der Waals surface area contributed by atoms with Crippen molar-refractivity contribution in [3.63, 3.8) is 0 Å². The molecule has 5 heteroatoms. The zero-order valence-electron chi connectivity index (χ0n) is 12.2. The maximum Gasteiger partial charge on any atom is 0.515 e. The van der Waals surface area contributed by atoms with E-state index in [1.54, 1.807) is 0 Å². The minimum Gasteiger partial charge on any atom is -0.464 e. The van der Waals surface area contributed by atoms with Gasteiger partial charge in [0.15, 0.2) is 0 Å². The van der Waals surface area contributed by atoms with Crippen molar-refractivity contribution < 1.29 is 23.9 Å². The van der Waals surface area contributed by atoms with Crippen LogP contribution in [0.3, 0.4) is 0 Å². The van der Waals surface area contributed by atoms with Gasteiger partial charge in [0.25, 0.3) is 0 Å². The summed E-state index contributed by atoms with van der Waals surface area (Å²) in [6.45, 7) is 5.80. The molecule has 2 unspecified atom stereocenters. The molecule has 1 aliphatic rings. The van der Waals surface area contributed by atoms with Crippen LogP contribution in [0.1, 0.15) is 37.9 Å². The van der Waals surface area contributed by atoms with Gasteiger partial charge < -0.3 is 9.84 Å². The van der Waals surface area contributed by atoms with Gasteiger partial charge in [0.2, 0.25) is 6.04 Å². The fourth-order valence-electron chi connectivity index (χ4n) is 3.05. The number of hydrogen-bond acceptors (Lipinski definition) is 3. The minimum atomic E-state index is -1.01. The lowest BCUT2D eigenvalue weighted by Gasteiger charge is -2.43. The van der Waals surface area contributed by atoms with Crippen LogP contribution in [0.15, 0.2) is 24.3 Å². The number of rotatable bonds is 1. The first kappa shape index (κ1) is 14.5. The highest BCUT2D eigenvalue weighted by Gasteiger charge is 2.62. The number of methoxy groups -OCH3 is 1. The third-order valence-electron chi connectivity index (χ3n) is 4.17. The molecule has 1 heterocycles. The molecule has 0 fully saturated rings. The van der Waals surface area contributed by atoms with Gasteiger partial charge in [-0.15, -0.1) is 0 Å². The molecule has 1 aliphatic heterocycles. The Morgan fingerprint density at radius 1 is 1.30 bits per heavy atom. The van der Waals surface area contributed by atoms with Crippen LogP contribution in [0.5, 0.6) is 0 Å². The van der Waals surface area contributed by atoms with Crippen molar-refractivity contribution in [1.82, 2.24) is 0 Å². The lowest BCUT2D eigenvalue weighted by atomic mass is 9.98. The molecule has 0 spiro atoms. The van der Waals surface area contributed by atoms with Crippen molar-refractivity contribution in [1.29, 1.82) is 0 Å². The number of carbonyl (C=O) groups excluding carboxylic acids is 1. The standard InChI is InChI=1S/C15H19NO4/c1-15(2,3)16(14(18)19)9-10-7-5-6-8-11(10)12(16)13(17)20-4/h5-8,12H,9H2,1-4H3/p+1. The first-order valence-corrected chi connectivity index (χ1v) is 6.52. The number of esters is 1. The zero-order valence-corrected chi connectivity index (χ0v) is 12.2. The van der Waals surface area contributed by atoms with Gasteiger partial charge in [-0.3, -0.25) is 0 Å². The van der Waals surface area contributed by atoms with E-state index in [0.29, 0.717) is 0 Å². The third-order valence-corrected chi connectivity index (χ3v) is 4.17. The maximum absolute atomic E-state index is 12.2. The first-order valence-electron chi connectivity index (χ1n) is 6.52. The SMILES string of the molecule is COC(=O)C1c2ccccc2C[N+]1(C(=O)O)C(C)(C)C. The van der Waals surface area contributed by atoms with Gasteiger partial charge in [0, 0.05) is 11.1 Å². The van der Waals surface area contributed by atoms with Crippen molar-refractivity contribution in [3.8, 4) is 0 Å². The Kier molecular flexibility index (Phi) is 3.34. The summed E-state index contributed by atoms with van der Waals surface area (Å²) >= 11 is 0. The van der Waals surface area contributed by atoms with Crippen molar-refractivity contribution in [2.45, 2.75) is 38.9 Å². The average molecular weight is 278 g/mol. The van der Waals surface area contributed by atoms with Crippen molar-refractivity contribution in [3.05, 3.63) is 35.4 Å². The summed E-state index contributed by atoms with van der Waals surface area (Å²) in [6.07, 6.45) is -1.01. The van der Waals surface area contributed by atoms with E-state index in [1.165, 1.54) is 7.11 Å². The van der Waals surface area contributed by atoms with E-state index in [1.807, 2.05) is 45.0 Å². The predicted molar refractivity (Wildman–Crippen MR) is 72.9 cm³/mol. The van der Waals surface area contributed by atoms with Crippen LogP contribution >= 0.6 is 0 Å². The van der Waals surface area contributed by atoms with Crippen LogP contribution in [-0.2, 0) is 16.1 Å². The number of carboxylic acid groups (broad SMARTS) is 1. The molecule has 5 nitrogen and oxygen atoms in total. The lowest BCUT2D eigenvalue weighted by Crippen LogP contribution is -2.63. The van der Waals surface area contributed by atoms with Gasteiger partial charge in [-0.1, -0.05) is 24.3 Å². The normalized spacial score (nSPS) is 25.1. The molecule has 1 aromatic rings. The van der Waals surface area contributed by atoms with Gasteiger partial charge >= 0.3 is 12.1 Å². The fraction of sp³-hybridized carbons (Fsp3) is 0.467. The predicted octanol–water partition coefficient (Wildman–Crippen LogP) is 2.71. The topological polar surface area (TPSA) is 63.6 Å². The van der Waals surface area contributed by atoms with E-state index >= 15 is 0 Å². The monoisotopic (exact) mass is 278 g/mol. The van der Waals surface area contributed by atoms with E-state index in [2.05, 4.69) is 0 Å². The highest BCUT2D eigenvalue weighted by molar-refractivity contribution is 5.80. The molecule has 0 aliphatic carbocycles. The number of benzene rings is 1. The maximum atomic E-state index is 12.2. The van der Waals surface area contributed by atoms with E-state index in [4.69, 9.17) is 4.74 Å². The molecule has 1 N–H and O–H groups in total. The Hall–Kier alpha value is -1.88. The molecule has 1 aromatic carbocycles. The largest absolute Gasteiger partial charge is 0.515 e. The second-order valence-electron chi connectivity index (χ2n) is 6.10. The Labute approximate surface area is 118 Å². The molecule has 20 heavy (non-hydrogen) atoms. The minimum absolute atomic E-state index is 0.286. The molecule has 0 bridgehead atoms. The molecule has 0 saturated heterocycles. The molecule has 0 aromatic heterocycles. The zero-order chi connectivity index (χ0) is 15.1. The summed E-state index contributed by atoms with van der Waals surface area (Å²) < 4.78 is 4.51. The molecular formula is C15H20NO4+. The molecule has 0 saturated carbocycles. The third kappa shape index (κ3) is 1.81. The van der Waals surface area contributed by atoms with Gasteiger partial charge in [0.1, 0.15) is 12.1 Å². The highest BCUT2D eigenvalue weighted by Crippen LogP contribution is 2.47. The van der Waals surface area contributed by atoms with Crippen LogP contribution in [0, 0.1) is 0 Å². The van der Waals surface area contributed by atoms with Crippen LogP contribution in [0.2, 0.25) is 0 Å². The van der Waals surface area contributed by atoms with Crippen LogP contribution in [0.25, 0.3) is 0 Å². The summed E-state index contributed by atoms with van der Waals surface area (Å²) in [5.74, 6) is -0.507. The van der Waals surface area contributed by atoms with Gasteiger partial charge in [-0.05, 0) is 20.8 Å².